The quantitative estimate of drug-likeness (QED) is 0.375. The van der Waals surface area contributed by atoms with Crippen molar-refractivity contribution in [3.8, 4) is 29.4 Å². The van der Waals surface area contributed by atoms with Gasteiger partial charge in [-0.05, 0) is 66.2 Å². The van der Waals surface area contributed by atoms with Gasteiger partial charge < -0.3 is 4.74 Å². The lowest BCUT2D eigenvalue weighted by Crippen LogP contribution is -1.86. The highest BCUT2D eigenvalue weighted by Crippen LogP contribution is 2.22. The average Bonchev–Trinajstić information content (AvgIpc) is 2.78. The van der Waals surface area contributed by atoms with E-state index in [0.29, 0.717) is 0 Å². The van der Waals surface area contributed by atoms with Gasteiger partial charge in [-0.25, -0.2) is 0 Å². The summed E-state index contributed by atoms with van der Waals surface area (Å²) in [6.45, 7) is 2.08. The van der Waals surface area contributed by atoms with Gasteiger partial charge in [-0.2, -0.15) is 0 Å². The zero-order valence-electron chi connectivity index (χ0n) is 16.5. The number of benzene rings is 4. The van der Waals surface area contributed by atoms with E-state index in [1.165, 1.54) is 5.56 Å². The van der Waals surface area contributed by atoms with Crippen molar-refractivity contribution in [2.45, 2.75) is 6.92 Å². The van der Waals surface area contributed by atoms with Gasteiger partial charge in [-0.15, -0.1) is 0 Å². The topological polar surface area (TPSA) is 9.23 Å². The maximum atomic E-state index is 5.20. The Balaban J connectivity index is 1.71. The molecular formula is C28H20O. The fourth-order valence-electron chi connectivity index (χ4n) is 3.11. The van der Waals surface area contributed by atoms with Crippen molar-refractivity contribution >= 4 is 10.8 Å². The van der Waals surface area contributed by atoms with Crippen molar-refractivity contribution < 1.29 is 4.74 Å². The van der Waals surface area contributed by atoms with Gasteiger partial charge in [0.05, 0.1) is 7.11 Å². The summed E-state index contributed by atoms with van der Waals surface area (Å²) >= 11 is 0. The smallest absolute Gasteiger partial charge is 0.118 e. The molecule has 0 atom stereocenters. The second-order valence-corrected chi connectivity index (χ2v) is 6.80. The molecule has 0 unspecified atom stereocenters. The van der Waals surface area contributed by atoms with E-state index in [0.717, 1.165) is 38.8 Å². The van der Waals surface area contributed by atoms with Crippen LogP contribution in [0.1, 0.15) is 27.8 Å². The largest absolute Gasteiger partial charge is 0.497 e. The Morgan fingerprint density at radius 1 is 0.552 bits per heavy atom. The van der Waals surface area contributed by atoms with Gasteiger partial charge in [0.15, 0.2) is 0 Å². The number of methoxy groups -OCH3 is 1. The van der Waals surface area contributed by atoms with Crippen LogP contribution in [0.15, 0.2) is 84.9 Å². The lowest BCUT2D eigenvalue weighted by atomic mass is 9.99. The lowest BCUT2D eigenvalue weighted by molar-refractivity contribution is 0.415. The molecule has 29 heavy (non-hydrogen) atoms. The summed E-state index contributed by atoms with van der Waals surface area (Å²) in [5, 5.41) is 2.23. The second kappa shape index (κ2) is 8.39. The van der Waals surface area contributed by atoms with Crippen LogP contribution in [0.2, 0.25) is 0 Å². The molecular weight excluding hydrogens is 352 g/mol. The zero-order valence-corrected chi connectivity index (χ0v) is 16.5. The van der Waals surface area contributed by atoms with Gasteiger partial charge in [0.2, 0.25) is 0 Å². The standard InChI is InChI=1S/C28H20O/c1-21-7-9-22(10-8-21)11-15-24-17-18-25(28-6-4-3-5-27(24)28)16-12-23-13-19-26(29-2)20-14-23/h3-10,13-14,17-20H,1-2H3. The maximum Gasteiger partial charge on any atom is 0.118 e. The van der Waals surface area contributed by atoms with Crippen LogP contribution in [-0.2, 0) is 0 Å². The Labute approximate surface area is 172 Å². The first kappa shape index (κ1) is 18.4. The maximum absolute atomic E-state index is 5.20. The van der Waals surface area contributed by atoms with Crippen molar-refractivity contribution in [2.24, 2.45) is 0 Å². The van der Waals surface area contributed by atoms with E-state index in [9.17, 15) is 0 Å². The van der Waals surface area contributed by atoms with Crippen LogP contribution in [-0.4, -0.2) is 7.11 Å². The molecule has 0 aliphatic heterocycles. The van der Waals surface area contributed by atoms with E-state index < -0.39 is 0 Å². The molecule has 0 saturated heterocycles. The summed E-state index contributed by atoms with van der Waals surface area (Å²) in [6, 6.07) is 28.5. The van der Waals surface area contributed by atoms with Crippen molar-refractivity contribution in [3.05, 3.63) is 113 Å². The van der Waals surface area contributed by atoms with Gasteiger partial charge >= 0.3 is 0 Å². The Bertz CT molecular complexity index is 1270. The van der Waals surface area contributed by atoms with E-state index in [1.807, 2.05) is 36.4 Å². The summed E-state index contributed by atoms with van der Waals surface area (Å²) in [4.78, 5) is 0. The molecule has 0 bridgehead atoms. The molecule has 4 aromatic rings. The van der Waals surface area contributed by atoms with Gasteiger partial charge in [0.1, 0.15) is 5.75 Å². The van der Waals surface area contributed by atoms with Gasteiger partial charge in [0, 0.05) is 22.3 Å². The van der Waals surface area contributed by atoms with E-state index in [4.69, 9.17) is 4.74 Å². The molecule has 0 fully saturated rings. The second-order valence-electron chi connectivity index (χ2n) is 6.80. The number of ether oxygens (including phenoxy) is 1. The number of hydrogen-bond donors (Lipinski definition) is 0. The first-order chi connectivity index (χ1) is 14.2. The van der Waals surface area contributed by atoms with E-state index in [2.05, 4.69) is 79.1 Å². The molecule has 0 saturated carbocycles. The molecule has 0 aromatic heterocycles. The third kappa shape index (κ3) is 4.32. The molecule has 4 aromatic carbocycles. The summed E-state index contributed by atoms with van der Waals surface area (Å²) in [5.74, 6) is 14.0. The summed E-state index contributed by atoms with van der Waals surface area (Å²) < 4.78 is 5.20. The van der Waals surface area contributed by atoms with Crippen LogP contribution in [0, 0.1) is 30.6 Å². The van der Waals surface area contributed by atoms with Crippen molar-refractivity contribution in [3.63, 3.8) is 0 Å². The van der Waals surface area contributed by atoms with Gasteiger partial charge in [-0.1, -0.05) is 65.6 Å². The third-order valence-electron chi connectivity index (χ3n) is 4.75. The van der Waals surface area contributed by atoms with Crippen LogP contribution >= 0.6 is 0 Å². The molecule has 0 aliphatic rings. The molecule has 0 heterocycles. The number of fused-ring (bicyclic) bond motifs is 1. The SMILES string of the molecule is COc1ccc(C#Cc2ccc(C#Cc3ccc(C)cc3)c3ccccc23)cc1. The Kier molecular flexibility index (Phi) is 5.33. The van der Waals surface area contributed by atoms with E-state index >= 15 is 0 Å². The first-order valence-corrected chi connectivity index (χ1v) is 9.49. The van der Waals surface area contributed by atoms with Crippen molar-refractivity contribution in [1.29, 1.82) is 0 Å². The van der Waals surface area contributed by atoms with Crippen LogP contribution < -0.4 is 4.74 Å². The van der Waals surface area contributed by atoms with Gasteiger partial charge in [-0.3, -0.25) is 0 Å². The van der Waals surface area contributed by atoms with Crippen LogP contribution in [0.4, 0.5) is 0 Å². The fraction of sp³-hybridized carbons (Fsp3) is 0.0714. The molecule has 0 radical (unpaired) electrons. The molecule has 1 heteroatoms. The van der Waals surface area contributed by atoms with Crippen LogP contribution in [0.25, 0.3) is 10.8 Å². The Morgan fingerprint density at radius 3 is 1.52 bits per heavy atom. The number of aryl methyl sites for hydroxylation is 1. The minimum Gasteiger partial charge on any atom is -0.497 e. The third-order valence-corrected chi connectivity index (χ3v) is 4.75. The normalized spacial score (nSPS) is 9.86. The van der Waals surface area contributed by atoms with Crippen molar-refractivity contribution in [2.75, 3.05) is 7.11 Å². The number of hydrogen-bond acceptors (Lipinski definition) is 1. The number of rotatable bonds is 1. The Hall–Kier alpha value is -3.94. The average molecular weight is 372 g/mol. The lowest BCUT2D eigenvalue weighted by Gasteiger charge is -2.03. The summed E-state index contributed by atoms with van der Waals surface area (Å²) in [6.07, 6.45) is 0. The van der Waals surface area contributed by atoms with Crippen molar-refractivity contribution in [1.82, 2.24) is 0 Å². The summed E-state index contributed by atoms with van der Waals surface area (Å²) in [5.41, 5.74) is 5.22. The predicted molar refractivity (Wildman–Crippen MR) is 120 cm³/mol. The van der Waals surface area contributed by atoms with E-state index in [1.54, 1.807) is 7.11 Å². The Morgan fingerprint density at radius 2 is 1.03 bits per heavy atom. The fourth-order valence-corrected chi connectivity index (χ4v) is 3.11. The zero-order chi connectivity index (χ0) is 20.1. The van der Waals surface area contributed by atoms with Gasteiger partial charge in [0.25, 0.3) is 0 Å². The first-order valence-electron chi connectivity index (χ1n) is 9.49. The molecule has 0 aliphatic carbocycles. The summed E-state index contributed by atoms with van der Waals surface area (Å²) in [7, 11) is 1.66. The molecule has 0 spiro atoms. The van der Waals surface area contributed by atoms with E-state index in [-0.39, 0.29) is 0 Å². The molecule has 138 valence electrons. The predicted octanol–water partition coefficient (Wildman–Crippen LogP) is 5.96. The van der Waals surface area contributed by atoms with Crippen LogP contribution in [0.3, 0.4) is 0 Å². The molecule has 0 N–H and O–H groups in total. The molecule has 4 rings (SSSR count). The molecule has 1 nitrogen and oxygen atoms in total. The highest BCUT2D eigenvalue weighted by molar-refractivity contribution is 5.93. The minimum atomic E-state index is 0.831. The highest BCUT2D eigenvalue weighted by Gasteiger charge is 2.02. The monoisotopic (exact) mass is 372 g/mol. The van der Waals surface area contributed by atoms with Crippen LogP contribution in [0.5, 0.6) is 5.75 Å². The highest BCUT2D eigenvalue weighted by atomic mass is 16.5. The molecule has 0 amide bonds. The minimum absolute atomic E-state index is 0.831.